The summed E-state index contributed by atoms with van der Waals surface area (Å²) in [5, 5.41) is 20.1. The minimum absolute atomic E-state index is 0.150. The second-order valence-corrected chi connectivity index (χ2v) is 2.66. The molecule has 1 aromatic heterocycles. The molecule has 68 valence electrons. The minimum atomic E-state index is 0.150. The summed E-state index contributed by atoms with van der Waals surface area (Å²) < 4.78 is 0. The van der Waals surface area contributed by atoms with Crippen LogP contribution in [0.5, 0.6) is 0 Å². The van der Waals surface area contributed by atoms with E-state index >= 15 is 0 Å². The highest BCUT2D eigenvalue weighted by Gasteiger charge is 2.03. The van der Waals surface area contributed by atoms with Crippen molar-refractivity contribution in [2.75, 3.05) is 20.2 Å². The van der Waals surface area contributed by atoms with Crippen molar-refractivity contribution in [1.29, 1.82) is 0 Å². The molecule has 0 spiro atoms. The molecule has 1 aromatic rings. The number of aromatic nitrogens is 4. The van der Waals surface area contributed by atoms with Gasteiger partial charge in [0.25, 0.3) is 0 Å². The molecule has 0 unspecified atom stereocenters. The quantitative estimate of drug-likeness (QED) is 0.605. The fourth-order valence-corrected chi connectivity index (χ4v) is 0.878. The minimum Gasteiger partial charge on any atom is -0.395 e. The van der Waals surface area contributed by atoms with Gasteiger partial charge in [-0.25, -0.2) is 0 Å². The monoisotopic (exact) mass is 171 g/mol. The molecule has 12 heavy (non-hydrogen) atoms. The number of rotatable bonds is 4. The molecule has 0 aliphatic rings. The van der Waals surface area contributed by atoms with E-state index in [4.69, 9.17) is 5.11 Å². The zero-order valence-corrected chi connectivity index (χ0v) is 7.30. The number of tetrazole rings is 1. The first-order chi connectivity index (χ1) is 5.72. The van der Waals surface area contributed by atoms with Crippen molar-refractivity contribution in [3.63, 3.8) is 0 Å². The summed E-state index contributed by atoms with van der Waals surface area (Å²) in [6.45, 7) is 1.39. The van der Waals surface area contributed by atoms with Gasteiger partial charge in [0, 0.05) is 6.54 Å². The van der Waals surface area contributed by atoms with E-state index in [0.717, 1.165) is 0 Å². The number of hydrogen-bond acceptors (Lipinski definition) is 5. The highest BCUT2D eigenvalue weighted by molar-refractivity contribution is 4.75. The van der Waals surface area contributed by atoms with Crippen LogP contribution in [0.25, 0.3) is 0 Å². The maximum absolute atomic E-state index is 8.62. The number of aryl methyl sites for hydroxylation is 1. The second-order valence-electron chi connectivity index (χ2n) is 2.66. The lowest BCUT2D eigenvalue weighted by Crippen LogP contribution is -2.22. The van der Waals surface area contributed by atoms with Gasteiger partial charge in [0.2, 0.25) is 0 Å². The third-order valence-corrected chi connectivity index (χ3v) is 1.44. The van der Waals surface area contributed by atoms with Gasteiger partial charge in [-0.2, -0.15) is 4.80 Å². The lowest BCUT2D eigenvalue weighted by Gasteiger charge is -2.11. The Balaban J connectivity index is 2.41. The van der Waals surface area contributed by atoms with Crippen molar-refractivity contribution in [3.8, 4) is 0 Å². The number of hydrogen-bond donors (Lipinski definition) is 1. The van der Waals surface area contributed by atoms with Crippen LogP contribution < -0.4 is 0 Å². The third kappa shape index (κ3) is 2.55. The van der Waals surface area contributed by atoms with E-state index in [1.165, 1.54) is 4.80 Å². The highest BCUT2D eigenvalue weighted by Crippen LogP contribution is 1.91. The topological polar surface area (TPSA) is 67.1 Å². The van der Waals surface area contributed by atoms with Gasteiger partial charge in [0.15, 0.2) is 5.82 Å². The number of nitrogens with zero attached hydrogens (tertiary/aromatic N) is 5. The van der Waals surface area contributed by atoms with Gasteiger partial charge in [-0.15, -0.1) is 10.2 Å². The SMILES string of the molecule is CN(CCO)Cc1nnn(C)n1. The van der Waals surface area contributed by atoms with Crippen LogP contribution in [0.1, 0.15) is 5.82 Å². The second kappa shape index (κ2) is 4.13. The van der Waals surface area contributed by atoms with Crippen LogP contribution in [0.3, 0.4) is 0 Å². The van der Waals surface area contributed by atoms with Crippen molar-refractivity contribution in [2.24, 2.45) is 7.05 Å². The van der Waals surface area contributed by atoms with Crippen molar-refractivity contribution in [3.05, 3.63) is 5.82 Å². The summed E-state index contributed by atoms with van der Waals surface area (Å²) in [5.41, 5.74) is 0. The van der Waals surface area contributed by atoms with Crippen LogP contribution in [0.4, 0.5) is 0 Å². The van der Waals surface area contributed by atoms with Gasteiger partial charge >= 0.3 is 0 Å². The van der Waals surface area contributed by atoms with Gasteiger partial charge in [-0.3, -0.25) is 4.90 Å². The first kappa shape index (κ1) is 9.08. The highest BCUT2D eigenvalue weighted by atomic mass is 16.3. The summed E-state index contributed by atoms with van der Waals surface area (Å²) in [4.78, 5) is 3.35. The fraction of sp³-hybridized carbons (Fsp3) is 0.833. The molecule has 0 aromatic carbocycles. The van der Waals surface area contributed by atoms with Crippen molar-refractivity contribution in [2.45, 2.75) is 6.54 Å². The molecule has 6 nitrogen and oxygen atoms in total. The summed E-state index contributed by atoms with van der Waals surface area (Å²) in [7, 11) is 3.62. The van der Waals surface area contributed by atoms with E-state index in [1.807, 2.05) is 11.9 Å². The standard InChI is InChI=1S/C6H13N5O/c1-10(3-4-12)5-6-7-9-11(2)8-6/h12H,3-5H2,1-2H3. The fourth-order valence-electron chi connectivity index (χ4n) is 0.878. The van der Waals surface area contributed by atoms with Gasteiger partial charge in [-0.05, 0) is 12.3 Å². The van der Waals surface area contributed by atoms with Gasteiger partial charge < -0.3 is 5.11 Å². The predicted octanol–water partition coefficient (Wildman–Crippen LogP) is -1.37. The zero-order chi connectivity index (χ0) is 8.97. The molecule has 0 fully saturated rings. The molecule has 0 aliphatic heterocycles. The van der Waals surface area contributed by atoms with Crippen LogP contribution in [-0.2, 0) is 13.6 Å². The number of likely N-dealkylation sites (N-methyl/N-ethyl adjacent to an activating group) is 1. The van der Waals surface area contributed by atoms with Crippen molar-refractivity contribution < 1.29 is 5.11 Å². The summed E-state index contributed by atoms with van der Waals surface area (Å²) in [6, 6.07) is 0. The first-order valence-corrected chi connectivity index (χ1v) is 3.74. The maximum Gasteiger partial charge on any atom is 0.188 e. The molecule has 0 atom stereocenters. The Kier molecular flexibility index (Phi) is 3.12. The molecule has 0 aliphatic carbocycles. The molecule has 0 saturated heterocycles. The Morgan fingerprint density at radius 2 is 2.33 bits per heavy atom. The third-order valence-electron chi connectivity index (χ3n) is 1.44. The van der Waals surface area contributed by atoms with Gasteiger partial charge in [-0.1, -0.05) is 0 Å². The predicted molar refractivity (Wildman–Crippen MR) is 42.2 cm³/mol. The first-order valence-electron chi connectivity index (χ1n) is 3.74. The van der Waals surface area contributed by atoms with E-state index in [0.29, 0.717) is 18.9 Å². The average molecular weight is 171 g/mol. The number of aliphatic hydroxyl groups excluding tert-OH is 1. The molecule has 0 amide bonds. The van der Waals surface area contributed by atoms with E-state index in [1.54, 1.807) is 7.05 Å². The van der Waals surface area contributed by atoms with Crippen LogP contribution in [0, 0.1) is 0 Å². The zero-order valence-electron chi connectivity index (χ0n) is 7.30. The molecular weight excluding hydrogens is 158 g/mol. The smallest absolute Gasteiger partial charge is 0.188 e. The Morgan fingerprint density at radius 1 is 1.58 bits per heavy atom. The van der Waals surface area contributed by atoms with E-state index in [-0.39, 0.29) is 6.61 Å². The number of aliphatic hydroxyl groups is 1. The Labute approximate surface area is 70.8 Å². The van der Waals surface area contributed by atoms with E-state index < -0.39 is 0 Å². The summed E-state index contributed by atoms with van der Waals surface area (Å²) in [6.07, 6.45) is 0. The molecule has 0 radical (unpaired) electrons. The molecule has 0 saturated carbocycles. The lowest BCUT2D eigenvalue weighted by molar-refractivity contribution is 0.214. The van der Waals surface area contributed by atoms with Gasteiger partial charge in [0.1, 0.15) is 0 Å². The van der Waals surface area contributed by atoms with Crippen LogP contribution >= 0.6 is 0 Å². The molecule has 1 heterocycles. The Morgan fingerprint density at radius 3 is 2.83 bits per heavy atom. The van der Waals surface area contributed by atoms with Crippen LogP contribution in [0.2, 0.25) is 0 Å². The van der Waals surface area contributed by atoms with Crippen molar-refractivity contribution in [1.82, 2.24) is 25.1 Å². The lowest BCUT2D eigenvalue weighted by atomic mass is 10.5. The van der Waals surface area contributed by atoms with Crippen molar-refractivity contribution >= 4 is 0 Å². The normalized spacial score (nSPS) is 11.0. The molecule has 0 bridgehead atoms. The van der Waals surface area contributed by atoms with Gasteiger partial charge in [0.05, 0.1) is 20.2 Å². The van der Waals surface area contributed by atoms with Crippen LogP contribution in [0.15, 0.2) is 0 Å². The summed E-state index contributed by atoms with van der Waals surface area (Å²) in [5.74, 6) is 0.674. The average Bonchev–Trinajstić information content (AvgIpc) is 2.36. The molecule has 1 N–H and O–H groups in total. The summed E-state index contributed by atoms with van der Waals surface area (Å²) >= 11 is 0. The molecule has 6 heteroatoms. The maximum atomic E-state index is 8.62. The molecule has 1 rings (SSSR count). The largest absolute Gasteiger partial charge is 0.395 e. The Bertz CT molecular complexity index is 236. The van der Waals surface area contributed by atoms with Crippen LogP contribution in [-0.4, -0.2) is 50.4 Å². The van der Waals surface area contributed by atoms with E-state index in [2.05, 4.69) is 15.4 Å². The Hall–Kier alpha value is -1.01. The van der Waals surface area contributed by atoms with E-state index in [9.17, 15) is 0 Å². The molecular formula is C6H13N5O.